The van der Waals surface area contributed by atoms with Gasteiger partial charge in [-0.2, -0.15) is 0 Å². The number of carbonyl (C=O) groups is 2. The first-order valence-corrected chi connectivity index (χ1v) is 10.8. The van der Waals surface area contributed by atoms with E-state index >= 15 is 0 Å². The van der Waals surface area contributed by atoms with Gasteiger partial charge >= 0.3 is 12.1 Å². The molecular weight excluding hydrogens is 404 g/mol. The molecule has 3 rings (SSSR count). The summed E-state index contributed by atoms with van der Waals surface area (Å²) in [5.41, 5.74) is 3.77. The molecule has 0 saturated heterocycles. The molecule has 2 aromatic carbocycles. The van der Waals surface area contributed by atoms with Gasteiger partial charge in [-0.05, 0) is 28.7 Å². The van der Waals surface area contributed by atoms with Gasteiger partial charge < -0.3 is 19.6 Å². The monoisotopic (exact) mass is 437 g/mol. The van der Waals surface area contributed by atoms with Crippen molar-refractivity contribution in [3.63, 3.8) is 0 Å². The second-order valence-corrected chi connectivity index (χ2v) is 9.84. The molecule has 1 aliphatic rings. The van der Waals surface area contributed by atoms with Crippen molar-refractivity contribution in [2.75, 3.05) is 34.3 Å². The van der Waals surface area contributed by atoms with Crippen LogP contribution in [-0.2, 0) is 9.53 Å². The first-order valence-electron chi connectivity index (χ1n) is 10.8. The van der Waals surface area contributed by atoms with E-state index in [0.29, 0.717) is 17.4 Å². The number of ether oxygens (including phenoxy) is 1. The Morgan fingerprint density at radius 3 is 2.12 bits per heavy atom. The van der Waals surface area contributed by atoms with E-state index < -0.39 is 23.5 Å². The van der Waals surface area contributed by atoms with E-state index in [1.807, 2.05) is 64.5 Å². The highest BCUT2D eigenvalue weighted by Gasteiger charge is 2.44. The van der Waals surface area contributed by atoms with Crippen LogP contribution in [0.15, 0.2) is 61.2 Å². The smallest absolute Gasteiger partial charge is 0.407 e. The van der Waals surface area contributed by atoms with Crippen molar-refractivity contribution in [3.8, 4) is 11.1 Å². The van der Waals surface area contributed by atoms with Gasteiger partial charge in [0.1, 0.15) is 12.6 Å². The maximum atomic E-state index is 12.7. The first kappa shape index (κ1) is 23.5. The lowest BCUT2D eigenvalue weighted by atomic mass is 9.78. The van der Waals surface area contributed by atoms with Crippen LogP contribution in [0.4, 0.5) is 4.79 Å². The zero-order valence-corrected chi connectivity index (χ0v) is 19.3. The van der Waals surface area contributed by atoms with Gasteiger partial charge in [0.05, 0.1) is 33.1 Å². The molecule has 0 fully saturated rings. The third-order valence-corrected chi connectivity index (χ3v) is 6.00. The summed E-state index contributed by atoms with van der Waals surface area (Å²) in [7, 11) is 5.98. The summed E-state index contributed by atoms with van der Waals surface area (Å²) >= 11 is 0. The van der Waals surface area contributed by atoms with Crippen LogP contribution < -0.4 is 5.32 Å². The van der Waals surface area contributed by atoms with E-state index in [4.69, 9.17) is 4.74 Å². The van der Waals surface area contributed by atoms with Crippen molar-refractivity contribution in [1.82, 2.24) is 5.32 Å². The Kier molecular flexibility index (Phi) is 6.74. The van der Waals surface area contributed by atoms with Crippen molar-refractivity contribution in [3.05, 3.63) is 72.3 Å². The molecule has 1 amide bonds. The van der Waals surface area contributed by atoms with Crippen LogP contribution in [0.1, 0.15) is 30.4 Å². The molecule has 2 N–H and O–H groups in total. The number of nitrogens with one attached hydrogen (secondary N) is 1. The van der Waals surface area contributed by atoms with Gasteiger partial charge in [-0.3, -0.25) is 0 Å². The number of aliphatic carboxylic acids is 1. The molecule has 0 spiro atoms. The topological polar surface area (TPSA) is 75.6 Å². The second-order valence-electron chi connectivity index (χ2n) is 9.84. The highest BCUT2D eigenvalue weighted by molar-refractivity contribution is 5.81. The molecule has 2 aromatic rings. The van der Waals surface area contributed by atoms with Crippen LogP contribution in [-0.4, -0.2) is 62.0 Å². The van der Waals surface area contributed by atoms with Gasteiger partial charge in [0.15, 0.2) is 0 Å². The summed E-state index contributed by atoms with van der Waals surface area (Å²) in [4.78, 5) is 24.8. The van der Waals surface area contributed by atoms with E-state index in [2.05, 4.69) is 24.0 Å². The fourth-order valence-corrected chi connectivity index (χ4v) is 4.98. The van der Waals surface area contributed by atoms with Crippen LogP contribution in [0, 0.1) is 5.41 Å². The van der Waals surface area contributed by atoms with Crippen molar-refractivity contribution in [1.29, 1.82) is 0 Å². The lowest BCUT2D eigenvalue weighted by Gasteiger charge is -2.39. The number of hydrogen-bond donors (Lipinski definition) is 2. The van der Waals surface area contributed by atoms with E-state index in [9.17, 15) is 14.7 Å². The lowest BCUT2D eigenvalue weighted by Crippen LogP contribution is -2.57. The zero-order chi connectivity index (χ0) is 23.5. The minimum absolute atomic E-state index is 0.0813. The highest BCUT2D eigenvalue weighted by atomic mass is 16.5. The molecule has 32 heavy (non-hydrogen) atoms. The maximum Gasteiger partial charge on any atom is 0.407 e. The van der Waals surface area contributed by atoms with Crippen molar-refractivity contribution >= 4 is 12.1 Å². The number of nitrogens with zero attached hydrogens (tertiary/aromatic N) is 1. The first-order chi connectivity index (χ1) is 15.1. The molecule has 6 heteroatoms. The van der Waals surface area contributed by atoms with Gasteiger partial charge in [0.25, 0.3) is 0 Å². The number of fused-ring (bicyclic) bond motifs is 3. The Morgan fingerprint density at radius 2 is 1.66 bits per heavy atom. The normalized spacial score (nSPS) is 15.8. The molecule has 0 radical (unpaired) electrons. The third kappa shape index (κ3) is 5.02. The molecule has 0 aliphatic heterocycles. The van der Waals surface area contributed by atoms with Gasteiger partial charge in [0, 0.05) is 5.92 Å². The quantitative estimate of drug-likeness (QED) is 0.454. The Bertz CT molecular complexity index is 965. The van der Waals surface area contributed by atoms with Gasteiger partial charge in [-0.1, -0.05) is 61.5 Å². The summed E-state index contributed by atoms with van der Waals surface area (Å²) in [6.07, 6.45) is 1.42. The molecule has 1 aliphatic carbocycles. The number of quaternary nitrogens is 1. The summed E-state index contributed by atoms with van der Waals surface area (Å²) in [6.45, 7) is 6.33. The van der Waals surface area contributed by atoms with E-state index in [0.717, 1.165) is 22.3 Å². The van der Waals surface area contributed by atoms with Crippen molar-refractivity contribution in [2.45, 2.75) is 25.3 Å². The molecule has 170 valence electrons. The Balaban J connectivity index is 1.75. The van der Waals surface area contributed by atoms with Crippen LogP contribution in [0.3, 0.4) is 0 Å². The van der Waals surface area contributed by atoms with Gasteiger partial charge in [-0.15, -0.1) is 6.58 Å². The number of carboxylic acids is 1. The molecule has 0 unspecified atom stereocenters. The molecule has 6 nitrogen and oxygen atoms in total. The van der Waals surface area contributed by atoms with Crippen LogP contribution in [0.25, 0.3) is 11.1 Å². The number of hydrogen-bond acceptors (Lipinski definition) is 3. The minimum atomic E-state index is -1.10. The number of benzene rings is 2. The second kappa shape index (κ2) is 9.17. The predicted molar refractivity (Wildman–Crippen MR) is 125 cm³/mol. The van der Waals surface area contributed by atoms with Crippen molar-refractivity contribution in [2.24, 2.45) is 5.41 Å². The van der Waals surface area contributed by atoms with Gasteiger partial charge in [0.2, 0.25) is 0 Å². The molecular formula is C26H33N2O4+. The van der Waals surface area contributed by atoms with Crippen LogP contribution in [0.2, 0.25) is 0 Å². The Morgan fingerprint density at radius 1 is 1.12 bits per heavy atom. The average molecular weight is 438 g/mol. The fraction of sp³-hybridized carbons (Fsp3) is 0.385. The molecule has 2 atom stereocenters. The van der Waals surface area contributed by atoms with E-state index in [1.165, 1.54) is 0 Å². The number of carboxylic acid groups (broad SMARTS) is 1. The predicted octanol–water partition coefficient (Wildman–Crippen LogP) is 4.27. The number of alkyl carbamates (subject to hydrolysis) is 1. The molecule has 0 bridgehead atoms. The Labute approximate surface area is 190 Å². The van der Waals surface area contributed by atoms with E-state index in [1.54, 1.807) is 6.08 Å². The SMILES string of the molecule is C=CC[C@@](C)(C[N+](C)(C)C)[C@H](NC(=O)OCC1c2ccccc2-c2ccccc21)C(=O)O. The zero-order valence-electron chi connectivity index (χ0n) is 19.3. The number of carbonyl (C=O) groups excluding carboxylic acids is 1. The summed E-state index contributed by atoms with van der Waals surface area (Å²) < 4.78 is 6.14. The Hall–Kier alpha value is -3.12. The maximum absolute atomic E-state index is 12.7. The van der Waals surface area contributed by atoms with Crippen LogP contribution >= 0.6 is 0 Å². The number of rotatable bonds is 9. The summed E-state index contributed by atoms with van der Waals surface area (Å²) in [5, 5.41) is 12.5. The van der Waals surface area contributed by atoms with Crippen molar-refractivity contribution < 1.29 is 23.9 Å². The molecule has 0 heterocycles. The third-order valence-electron chi connectivity index (χ3n) is 6.00. The van der Waals surface area contributed by atoms with E-state index in [-0.39, 0.29) is 12.5 Å². The average Bonchev–Trinajstić information content (AvgIpc) is 3.03. The van der Waals surface area contributed by atoms with Crippen LogP contribution in [0.5, 0.6) is 0 Å². The summed E-state index contributed by atoms with van der Waals surface area (Å²) in [5.74, 6) is -1.17. The standard InChI is InChI=1S/C26H32N2O4/c1-6-15-26(2,17-28(3,4)5)23(24(29)30)27-25(31)32-16-22-20-13-9-7-11-18(20)19-12-8-10-14-21(19)22/h6-14,22-23H,1,15-17H2,2-5H3,(H-,27,29,30,31)/p+1/t23-,26+/m1/s1. The number of amides is 1. The van der Waals surface area contributed by atoms with Gasteiger partial charge in [-0.25, -0.2) is 9.59 Å². The lowest BCUT2D eigenvalue weighted by molar-refractivity contribution is -0.877. The number of allylic oxidation sites excluding steroid dienone is 1. The fourth-order valence-electron chi connectivity index (χ4n) is 4.98. The molecule has 0 aromatic heterocycles. The summed E-state index contributed by atoms with van der Waals surface area (Å²) in [6, 6.07) is 15.1. The largest absolute Gasteiger partial charge is 0.480 e. The molecule has 0 saturated carbocycles. The minimum Gasteiger partial charge on any atom is -0.480 e. The highest BCUT2D eigenvalue weighted by Crippen LogP contribution is 2.44.